The third-order valence-electron chi connectivity index (χ3n) is 10.5. The van der Waals surface area contributed by atoms with E-state index in [0.717, 1.165) is 58.2 Å². The van der Waals surface area contributed by atoms with E-state index < -0.39 is 17.7 Å². The Balaban J connectivity index is 0.00000353. The van der Waals surface area contributed by atoms with Gasteiger partial charge in [-0.05, 0) is 73.0 Å². The van der Waals surface area contributed by atoms with Gasteiger partial charge in [-0.2, -0.15) is 0 Å². The van der Waals surface area contributed by atoms with E-state index in [-0.39, 0.29) is 30.1 Å². The Labute approximate surface area is 257 Å². The van der Waals surface area contributed by atoms with Crippen molar-refractivity contribution >= 4 is 24.2 Å². The Hall–Kier alpha value is -2.41. The number of hydrogen-bond donors (Lipinski definition) is 2. The van der Waals surface area contributed by atoms with Gasteiger partial charge in [-0.1, -0.05) is 87.2 Å². The van der Waals surface area contributed by atoms with Gasteiger partial charge in [-0.15, -0.1) is 12.4 Å². The van der Waals surface area contributed by atoms with Crippen LogP contribution in [0.15, 0.2) is 54.6 Å². The maximum atomic E-state index is 13.9. The van der Waals surface area contributed by atoms with Gasteiger partial charge in [0.2, 0.25) is 11.8 Å². The van der Waals surface area contributed by atoms with Gasteiger partial charge in [0.1, 0.15) is 11.6 Å². The van der Waals surface area contributed by atoms with Crippen LogP contribution in [0, 0.1) is 5.92 Å². The number of unbranched alkanes of at least 4 members (excludes halogenated alkanes) is 1. The standard InChI is InChI=1S/C35H47N3O3.ClH/c1-2-3-20-38-33(40)31(32(39)28-12-8-5-9-13-28)36-34(41)35(38)18-21-37(22-19-35)24-25-14-16-27(17-15-25)30-23-29(30)26-10-6-4-7-11-26;/h4,6-7,10-11,14-17,28-32,39H,2-3,5,8-9,12-13,18-24H2,1H3,(H,36,41);1H/t29-,30-,31+,32+;/m0./s1. The van der Waals surface area contributed by atoms with Crippen molar-refractivity contribution in [3.8, 4) is 0 Å². The number of benzene rings is 2. The molecule has 6 nitrogen and oxygen atoms in total. The molecule has 1 spiro atoms. The fraction of sp³-hybridized carbons (Fsp3) is 0.600. The number of aliphatic hydroxyl groups excluding tert-OH is 1. The number of aliphatic hydroxyl groups is 1. The van der Waals surface area contributed by atoms with Crippen LogP contribution in [0.4, 0.5) is 0 Å². The van der Waals surface area contributed by atoms with Crippen molar-refractivity contribution in [2.45, 2.75) is 107 Å². The molecular weight excluding hydrogens is 546 g/mol. The monoisotopic (exact) mass is 593 g/mol. The van der Waals surface area contributed by atoms with Crippen molar-refractivity contribution in [3.05, 3.63) is 71.3 Å². The van der Waals surface area contributed by atoms with Crippen molar-refractivity contribution in [2.24, 2.45) is 5.92 Å². The van der Waals surface area contributed by atoms with E-state index in [1.165, 1.54) is 29.5 Å². The maximum absolute atomic E-state index is 13.9. The SMILES string of the molecule is CCCCN1C(=O)[C@@H]([C@H](O)C2CCCCC2)NC(=O)C12CCN(Cc1ccc([C@@H]3C[C@H]3c3ccccc3)cc1)CC2.Cl. The van der Waals surface area contributed by atoms with Crippen LogP contribution in [0.2, 0.25) is 0 Å². The minimum Gasteiger partial charge on any atom is -0.390 e. The lowest BCUT2D eigenvalue weighted by Crippen LogP contribution is -2.75. The van der Waals surface area contributed by atoms with Crippen LogP contribution in [0.1, 0.15) is 99.7 Å². The Bertz CT molecular complexity index is 1190. The molecule has 2 aromatic carbocycles. The summed E-state index contributed by atoms with van der Waals surface area (Å²) in [5.41, 5.74) is 3.36. The second kappa shape index (κ2) is 13.5. The number of rotatable bonds is 9. The van der Waals surface area contributed by atoms with E-state index in [1.807, 2.05) is 4.90 Å². The summed E-state index contributed by atoms with van der Waals surface area (Å²) < 4.78 is 0. The van der Waals surface area contributed by atoms with E-state index in [4.69, 9.17) is 0 Å². The van der Waals surface area contributed by atoms with Crippen LogP contribution in [0.3, 0.4) is 0 Å². The smallest absolute Gasteiger partial charge is 0.248 e. The van der Waals surface area contributed by atoms with Gasteiger partial charge in [0, 0.05) is 26.2 Å². The molecule has 0 bridgehead atoms. The van der Waals surface area contributed by atoms with E-state index in [1.54, 1.807) is 0 Å². The number of piperazine rings is 1. The molecule has 2 amide bonds. The predicted octanol–water partition coefficient (Wildman–Crippen LogP) is 5.78. The average Bonchev–Trinajstić information content (AvgIpc) is 3.82. The molecule has 0 radical (unpaired) electrons. The van der Waals surface area contributed by atoms with Gasteiger partial charge in [-0.25, -0.2) is 0 Å². The molecule has 6 rings (SSSR count). The molecule has 4 aliphatic rings. The fourth-order valence-corrected chi connectivity index (χ4v) is 7.80. The zero-order valence-electron chi connectivity index (χ0n) is 25.0. The summed E-state index contributed by atoms with van der Waals surface area (Å²) in [6.07, 6.45) is 8.79. The summed E-state index contributed by atoms with van der Waals surface area (Å²) in [5.74, 6) is 1.22. The number of amides is 2. The molecule has 2 aliphatic carbocycles. The summed E-state index contributed by atoms with van der Waals surface area (Å²) >= 11 is 0. The van der Waals surface area contributed by atoms with Crippen LogP contribution in [-0.4, -0.2) is 64.0 Å². The molecule has 4 fully saturated rings. The minimum atomic E-state index is -0.808. The zero-order valence-corrected chi connectivity index (χ0v) is 25.9. The molecule has 228 valence electrons. The Kier molecular flexibility index (Phi) is 9.96. The number of halogens is 1. The fourth-order valence-electron chi connectivity index (χ4n) is 7.80. The molecule has 2 saturated heterocycles. The summed E-state index contributed by atoms with van der Waals surface area (Å²) in [5, 5.41) is 14.2. The third-order valence-corrected chi connectivity index (χ3v) is 10.5. The second-order valence-corrected chi connectivity index (χ2v) is 13.1. The highest BCUT2D eigenvalue weighted by molar-refractivity contribution is 6.00. The summed E-state index contributed by atoms with van der Waals surface area (Å²) in [6.45, 7) is 5.12. The van der Waals surface area contributed by atoms with E-state index in [2.05, 4.69) is 71.7 Å². The predicted molar refractivity (Wildman–Crippen MR) is 169 cm³/mol. The van der Waals surface area contributed by atoms with Crippen LogP contribution in [0.25, 0.3) is 0 Å². The summed E-state index contributed by atoms with van der Waals surface area (Å²) in [7, 11) is 0. The van der Waals surface area contributed by atoms with Gasteiger partial charge in [0.05, 0.1) is 6.10 Å². The van der Waals surface area contributed by atoms with Crippen LogP contribution < -0.4 is 5.32 Å². The Morgan fingerprint density at radius 1 is 0.929 bits per heavy atom. The lowest BCUT2D eigenvalue weighted by atomic mass is 9.78. The molecule has 2 heterocycles. The number of piperidine rings is 1. The van der Waals surface area contributed by atoms with E-state index >= 15 is 0 Å². The summed E-state index contributed by atoms with van der Waals surface area (Å²) in [6, 6.07) is 19.1. The van der Waals surface area contributed by atoms with Crippen molar-refractivity contribution in [1.29, 1.82) is 0 Å². The largest absolute Gasteiger partial charge is 0.390 e. The highest BCUT2D eigenvalue weighted by atomic mass is 35.5. The number of likely N-dealkylation sites (tertiary alicyclic amines) is 1. The first-order chi connectivity index (χ1) is 20.0. The quantitative estimate of drug-likeness (QED) is 0.386. The zero-order chi connectivity index (χ0) is 28.4. The van der Waals surface area contributed by atoms with Gasteiger partial charge in [-0.3, -0.25) is 14.5 Å². The van der Waals surface area contributed by atoms with Crippen LogP contribution >= 0.6 is 12.4 Å². The number of hydrogen-bond acceptors (Lipinski definition) is 4. The molecule has 4 atom stereocenters. The molecule has 0 aromatic heterocycles. The van der Waals surface area contributed by atoms with Crippen LogP contribution in [-0.2, 0) is 16.1 Å². The normalized spacial score (nSPS) is 26.9. The number of carbonyl (C=O) groups excluding carboxylic acids is 2. The lowest BCUT2D eigenvalue weighted by molar-refractivity contribution is -0.166. The molecule has 7 heteroatoms. The Morgan fingerprint density at radius 2 is 1.57 bits per heavy atom. The Morgan fingerprint density at radius 3 is 2.21 bits per heavy atom. The minimum absolute atomic E-state index is 0. The van der Waals surface area contributed by atoms with Crippen molar-refractivity contribution in [1.82, 2.24) is 15.1 Å². The molecule has 42 heavy (non-hydrogen) atoms. The van der Waals surface area contributed by atoms with Gasteiger partial charge >= 0.3 is 0 Å². The van der Waals surface area contributed by atoms with Crippen molar-refractivity contribution in [3.63, 3.8) is 0 Å². The number of carbonyl (C=O) groups is 2. The first-order valence-corrected chi connectivity index (χ1v) is 16.2. The third kappa shape index (κ3) is 6.27. The summed E-state index contributed by atoms with van der Waals surface area (Å²) in [4.78, 5) is 31.9. The highest BCUT2D eigenvalue weighted by Crippen LogP contribution is 2.54. The van der Waals surface area contributed by atoms with Crippen LogP contribution in [0.5, 0.6) is 0 Å². The van der Waals surface area contributed by atoms with E-state index in [0.29, 0.717) is 31.2 Å². The van der Waals surface area contributed by atoms with Gasteiger partial charge in [0.25, 0.3) is 0 Å². The molecule has 2 saturated carbocycles. The topological polar surface area (TPSA) is 72.9 Å². The molecule has 0 unspecified atom stereocenters. The second-order valence-electron chi connectivity index (χ2n) is 13.1. The number of nitrogens with zero attached hydrogens (tertiary/aromatic N) is 2. The van der Waals surface area contributed by atoms with Crippen molar-refractivity contribution < 1.29 is 14.7 Å². The first kappa shape index (κ1) is 31.0. The first-order valence-electron chi connectivity index (χ1n) is 16.2. The highest BCUT2D eigenvalue weighted by Gasteiger charge is 2.55. The van der Waals surface area contributed by atoms with E-state index in [9.17, 15) is 14.7 Å². The number of nitrogens with one attached hydrogen (secondary N) is 1. The molecule has 2 aliphatic heterocycles. The van der Waals surface area contributed by atoms with Crippen molar-refractivity contribution in [2.75, 3.05) is 19.6 Å². The maximum Gasteiger partial charge on any atom is 0.248 e. The van der Waals surface area contributed by atoms with Gasteiger partial charge < -0.3 is 15.3 Å². The average molecular weight is 594 g/mol. The molecule has 2 N–H and O–H groups in total. The molecule has 2 aromatic rings. The molecular formula is C35H48ClN3O3. The van der Waals surface area contributed by atoms with Gasteiger partial charge in [0.15, 0.2) is 0 Å². The lowest BCUT2D eigenvalue weighted by Gasteiger charge is -2.52.